The van der Waals surface area contributed by atoms with E-state index in [1.54, 1.807) is 18.0 Å². The highest BCUT2D eigenvalue weighted by atomic mass is 16.5. The van der Waals surface area contributed by atoms with Crippen LogP contribution in [0.5, 0.6) is 0 Å². The van der Waals surface area contributed by atoms with Crippen molar-refractivity contribution >= 4 is 11.7 Å². The van der Waals surface area contributed by atoms with E-state index in [-0.39, 0.29) is 11.6 Å². The van der Waals surface area contributed by atoms with E-state index in [4.69, 9.17) is 4.74 Å². The van der Waals surface area contributed by atoms with E-state index in [0.717, 1.165) is 37.1 Å². The minimum absolute atomic E-state index is 0.193. The van der Waals surface area contributed by atoms with Crippen molar-refractivity contribution in [2.75, 3.05) is 19.0 Å². The molecule has 2 N–H and O–H groups in total. The molecule has 1 saturated carbocycles. The van der Waals surface area contributed by atoms with Gasteiger partial charge in [0.2, 0.25) is 0 Å². The Labute approximate surface area is 135 Å². The fourth-order valence-electron chi connectivity index (χ4n) is 3.18. The number of methoxy groups -OCH3 is 1. The molecule has 6 nitrogen and oxygen atoms in total. The maximum absolute atomic E-state index is 12.3. The van der Waals surface area contributed by atoms with Crippen molar-refractivity contribution in [3.8, 4) is 5.69 Å². The van der Waals surface area contributed by atoms with Crippen molar-refractivity contribution in [2.45, 2.75) is 31.2 Å². The van der Waals surface area contributed by atoms with Crippen LogP contribution in [0.15, 0.2) is 42.7 Å². The summed E-state index contributed by atoms with van der Waals surface area (Å²) in [5.74, 6) is 0. The highest BCUT2D eigenvalue weighted by Gasteiger charge is 2.35. The molecule has 0 radical (unpaired) electrons. The number of nitrogens with zero attached hydrogens (tertiary/aromatic N) is 2. The normalized spacial score (nSPS) is 16.2. The first-order valence-corrected chi connectivity index (χ1v) is 7.89. The number of carbonyl (C=O) groups excluding carboxylic acids is 1. The molecule has 1 fully saturated rings. The van der Waals surface area contributed by atoms with Crippen molar-refractivity contribution in [1.29, 1.82) is 0 Å². The summed E-state index contributed by atoms with van der Waals surface area (Å²) in [6, 6.07) is 9.27. The lowest BCUT2D eigenvalue weighted by Gasteiger charge is -2.29. The Kier molecular flexibility index (Phi) is 4.62. The Morgan fingerprint density at radius 1 is 1.35 bits per heavy atom. The molecule has 0 spiro atoms. The van der Waals surface area contributed by atoms with E-state index in [1.807, 2.05) is 36.5 Å². The smallest absolute Gasteiger partial charge is 0.319 e. The predicted octanol–water partition coefficient (Wildman–Crippen LogP) is 2.95. The average Bonchev–Trinajstić information content (AvgIpc) is 3.20. The number of rotatable bonds is 5. The Balaban J connectivity index is 1.67. The Bertz CT molecular complexity index is 648. The Morgan fingerprint density at radius 2 is 2.17 bits per heavy atom. The van der Waals surface area contributed by atoms with Gasteiger partial charge >= 0.3 is 6.03 Å². The van der Waals surface area contributed by atoms with Gasteiger partial charge in [-0.15, -0.1) is 0 Å². The molecule has 6 heteroatoms. The number of nitrogens with one attached hydrogen (secondary N) is 2. The first-order valence-electron chi connectivity index (χ1n) is 7.89. The van der Waals surface area contributed by atoms with Gasteiger partial charge in [0.15, 0.2) is 0 Å². The highest BCUT2D eigenvalue weighted by Crippen LogP contribution is 2.30. The molecule has 0 bridgehead atoms. The zero-order valence-electron chi connectivity index (χ0n) is 13.3. The van der Waals surface area contributed by atoms with Crippen LogP contribution in [0.25, 0.3) is 5.69 Å². The standard InChI is InChI=1S/C17H22N4O2/c1-23-13-17(8-2-3-9-17)20-16(22)19-14-6-4-7-15(12-14)21-11-5-10-18-21/h4-7,10-12H,2-3,8-9,13H2,1H3,(H2,19,20,22). The van der Waals surface area contributed by atoms with Crippen molar-refractivity contribution in [3.63, 3.8) is 0 Å². The van der Waals surface area contributed by atoms with Crippen LogP contribution in [0.4, 0.5) is 10.5 Å². The van der Waals surface area contributed by atoms with Gasteiger partial charge in [-0.25, -0.2) is 9.48 Å². The fourth-order valence-corrected chi connectivity index (χ4v) is 3.18. The van der Waals surface area contributed by atoms with Crippen molar-refractivity contribution < 1.29 is 9.53 Å². The van der Waals surface area contributed by atoms with Crippen molar-refractivity contribution in [2.24, 2.45) is 0 Å². The molecular weight excluding hydrogens is 292 g/mol. The summed E-state index contributed by atoms with van der Waals surface area (Å²) in [6.07, 6.45) is 7.76. The van der Waals surface area contributed by atoms with Crippen LogP contribution in [-0.4, -0.2) is 35.1 Å². The second-order valence-corrected chi connectivity index (χ2v) is 6.00. The Morgan fingerprint density at radius 3 is 2.87 bits per heavy atom. The summed E-state index contributed by atoms with van der Waals surface area (Å²) in [4.78, 5) is 12.3. The van der Waals surface area contributed by atoms with Gasteiger partial charge in [0.05, 0.1) is 17.8 Å². The molecule has 3 rings (SSSR count). The number of benzene rings is 1. The summed E-state index contributed by atoms with van der Waals surface area (Å²) in [5, 5.41) is 10.2. The van der Waals surface area contributed by atoms with E-state index >= 15 is 0 Å². The minimum atomic E-state index is -0.238. The molecule has 2 aromatic rings. The number of amides is 2. The zero-order valence-corrected chi connectivity index (χ0v) is 13.3. The molecular formula is C17H22N4O2. The van der Waals surface area contributed by atoms with Gasteiger partial charge in [0.1, 0.15) is 0 Å². The third kappa shape index (κ3) is 3.71. The molecule has 1 aromatic carbocycles. The first-order chi connectivity index (χ1) is 11.2. The van der Waals surface area contributed by atoms with Crippen LogP contribution in [0.1, 0.15) is 25.7 Å². The van der Waals surface area contributed by atoms with E-state index in [1.165, 1.54) is 0 Å². The van der Waals surface area contributed by atoms with Gasteiger partial charge in [-0.1, -0.05) is 18.9 Å². The van der Waals surface area contributed by atoms with Crippen LogP contribution in [-0.2, 0) is 4.74 Å². The maximum atomic E-state index is 12.3. The predicted molar refractivity (Wildman–Crippen MR) is 88.8 cm³/mol. The SMILES string of the molecule is COCC1(NC(=O)Nc2cccc(-n3cccn3)c2)CCCC1. The number of anilines is 1. The largest absolute Gasteiger partial charge is 0.382 e. The molecule has 1 aliphatic rings. The third-order valence-corrected chi connectivity index (χ3v) is 4.23. The molecule has 2 amide bonds. The maximum Gasteiger partial charge on any atom is 0.319 e. The van der Waals surface area contributed by atoms with Crippen LogP contribution < -0.4 is 10.6 Å². The highest BCUT2D eigenvalue weighted by molar-refractivity contribution is 5.90. The van der Waals surface area contributed by atoms with Gasteiger partial charge < -0.3 is 15.4 Å². The molecule has 1 aromatic heterocycles. The quantitative estimate of drug-likeness (QED) is 0.891. The van der Waals surface area contributed by atoms with Crippen LogP contribution in [0.2, 0.25) is 0 Å². The van der Waals surface area contributed by atoms with Gasteiger partial charge in [-0.05, 0) is 37.1 Å². The zero-order chi connectivity index (χ0) is 16.1. The summed E-state index contributed by atoms with van der Waals surface area (Å²) in [7, 11) is 1.67. The van der Waals surface area contributed by atoms with Gasteiger partial charge in [-0.3, -0.25) is 0 Å². The molecule has 0 aliphatic heterocycles. The molecule has 23 heavy (non-hydrogen) atoms. The van der Waals surface area contributed by atoms with E-state index in [0.29, 0.717) is 6.61 Å². The van der Waals surface area contributed by atoms with Gasteiger partial charge in [0, 0.05) is 25.2 Å². The summed E-state index contributed by atoms with van der Waals surface area (Å²) < 4.78 is 7.05. The lowest BCUT2D eigenvalue weighted by Crippen LogP contribution is -2.51. The lowest BCUT2D eigenvalue weighted by atomic mass is 9.99. The second kappa shape index (κ2) is 6.83. The number of aromatic nitrogens is 2. The molecule has 122 valence electrons. The molecule has 0 unspecified atom stereocenters. The van der Waals surface area contributed by atoms with Crippen LogP contribution in [0.3, 0.4) is 0 Å². The van der Waals surface area contributed by atoms with E-state index in [9.17, 15) is 4.79 Å². The summed E-state index contributed by atoms with van der Waals surface area (Å²) in [6.45, 7) is 0.549. The lowest BCUT2D eigenvalue weighted by molar-refractivity contribution is 0.117. The minimum Gasteiger partial charge on any atom is -0.382 e. The Hall–Kier alpha value is -2.34. The summed E-state index contributed by atoms with van der Waals surface area (Å²) in [5.41, 5.74) is 1.40. The second-order valence-electron chi connectivity index (χ2n) is 6.00. The fraction of sp³-hybridized carbons (Fsp3) is 0.412. The topological polar surface area (TPSA) is 68.2 Å². The van der Waals surface area contributed by atoms with Crippen LogP contribution in [0, 0.1) is 0 Å². The molecule has 0 atom stereocenters. The molecule has 1 heterocycles. The van der Waals surface area contributed by atoms with Gasteiger partial charge in [0.25, 0.3) is 0 Å². The average molecular weight is 314 g/mol. The molecule has 1 aliphatic carbocycles. The monoisotopic (exact) mass is 314 g/mol. The number of urea groups is 1. The van der Waals surface area contributed by atoms with Crippen LogP contribution >= 0.6 is 0 Å². The number of carbonyl (C=O) groups is 1. The van der Waals surface area contributed by atoms with Crippen molar-refractivity contribution in [3.05, 3.63) is 42.7 Å². The van der Waals surface area contributed by atoms with Gasteiger partial charge in [-0.2, -0.15) is 5.10 Å². The van der Waals surface area contributed by atoms with E-state index < -0.39 is 0 Å². The number of ether oxygens (including phenoxy) is 1. The van der Waals surface area contributed by atoms with Crippen molar-refractivity contribution in [1.82, 2.24) is 15.1 Å². The molecule has 0 saturated heterocycles. The summed E-state index contributed by atoms with van der Waals surface area (Å²) >= 11 is 0. The number of hydrogen-bond acceptors (Lipinski definition) is 3. The third-order valence-electron chi connectivity index (χ3n) is 4.23. The van der Waals surface area contributed by atoms with E-state index in [2.05, 4.69) is 15.7 Å². The number of hydrogen-bond donors (Lipinski definition) is 2. The first kappa shape index (κ1) is 15.6.